The van der Waals surface area contributed by atoms with Gasteiger partial charge < -0.3 is 9.47 Å². The number of benzene rings is 2. The molecule has 1 N–H and O–H groups in total. The molecule has 1 atom stereocenters. The number of rotatable bonds is 6. The van der Waals surface area contributed by atoms with Gasteiger partial charge in [0.05, 0.1) is 23.5 Å². The van der Waals surface area contributed by atoms with Gasteiger partial charge in [0, 0.05) is 5.56 Å². The number of hydrogen-bond donors (Lipinski definition) is 1. The lowest BCUT2D eigenvalue weighted by molar-refractivity contribution is -0.117. The second-order valence-electron chi connectivity index (χ2n) is 6.44. The molecule has 150 valence electrons. The molecule has 7 nitrogen and oxygen atoms in total. The summed E-state index contributed by atoms with van der Waals surface area (Å²) in [6.07, 6.45) is 1.63. The Bertz CT molecular complexity index is 1060. The maximum absolute atomic E-state index is 13.9. The lowest BCUT2D eigenvalue weighted by Gasteiger charge is -2.25. The Labute approximate surface area is 175 Å². The number of anilines is 1. The average molecular weight is 461 g/mol. The van der Waals surface area contributed by atoms with Crippen LogP contribution in [0.3, 0.4) is 0 Å². The molecule has 0 radical (unpaired) electrons. The molecule has 0 fully saturated rings. The van der Waals surface area contributed by atoms with Gasteiger partial charge in [-0.15, -0.1) is 0 Å². The number of nitrogens with one attached hydrogen (secondary N) is 1. The predicted molar refractivity (Wildman–Crippen MR) is 107 cm³/mol. The quantitative estimate of drug-likeness (QED) is 0.599. The van der Waals surface area contributed by atoms with Crippen LogP contribution in [-0.4, -0.2) is 27.3 Å². The highest BCUT2D eigenvalue weighted by atomic mass is 79.9. The van der Waals surface area contributed by atoms with Gasteiger partial charge in [-0.2, -0.15) is 10.1 Å². The molecule has 1 aliphatic rings. The Balaban J connectivity index is 1.67. The van der Waals surface area contributed by atoms with E-state index in [1.807, 2.05) is 19.1 Å². The minimum atomic E-state index is -0.329. The minimum absolute atomic E-state index is 0.0593. The van der Waals surface area contributed by atoms with Crippen molar-refractivity contribution in [2.45, 2.75) is 26.0 Å². The second-order valence-corrected chi connectivity index (χ2v) is 7.29. The number of nitrogens with zero attached hydrogens (tertiary/aromatic N) is 3. The molecule has 1 unspecified atom stereocenters. The number of ether oxygens (including phenoxy) is 2. The van der Waals surface area contributed by atoms with E-state index in [1.54, 1.807) is 22.9 Å². The van der Waals surface area contributed by atoms with Crippen molar-refractivity contribution in [3.05, 3.63) is 64.1 Å². The molecule has 0 saturated carbocycles. The third-order valence-electron chi connectivity index (χ3n) is 4.54. The van der Waals surface area contributed by atoms with Crippen LogP contribution in [0.1, 0.15) is 30.5 Å². The minimum Gasteiger partial charge on any atom is -0.490 e. The molecule has 0 spiro atoms. The molecule has 29 heavy (non-hydrogen) atoms. The lowest BCUT2D eigenvalue weighted by atomic mass is 10.0. The van der Waals surface area contributed by atoms with Gasteiger partial charge in [0.1, 0.15) is 18.8 Å². The van der Waals surface area contributed by atoms with Gasteiger partial charge in [0.15, 0.2) is 11.5 Å². The highest BCUT2D eigenvalue weighted by Crippen LogP contribution is 2.41. The van der Waals surface area contributed by atoms with Gasteiger partial charge >= 0.3 is 0 Å². The van der Waals surface area contributed by atoms with Gasteiger partial charge in [-0.25, -0.2) is 9.07 Å². The molecule has 2 aromatic carbocycles. The number of amides is 1. The van der Waals surface area contributed by atoms with Crippen LogP contribution in [0.5, 0.6) is 11.5 Å². The zero-order valence-corrected chi connectivity index (χ0v) is 17.1. The van der Waals surface area contributed by atoms with Gasteiger partial charge in [0.2, 0.25) is 11.9 Å². The van der Waals surface area contributed by atoms with Crippen molar-refractivity contribution in [2.75, 3.05) is 11.9 Å². The standard InChI is InChI=1S/C20H18BrFN4O3/c1-2-28-17-8-13(16-9-18(27)25-20-23-11-24-26(16)20)7-14(21)19(17)29-10-12-5-3-4-6-15(12)22/h3-8,11,16H,2,9-10H2,1H3,(H,23,24,25,27). The topological polar surface area (TPSA) is 78.3 Å². The first-order valence-electron chi connectivity index (χ1n) is 9.08. The van der Waals surface area contributed by atoms with Crippen molar-refractivity contribution >= 4 is 27.8 Å². The monoisotopic (exact) mass is 460 g/mol. The zero-order chi connectivity index (χ0) is 20.4. The molecular formula is C20H18BrFN4O3. The predicted octanol–water partition coefficient (Wildman–Crippen LogP) is 4.09. The third kappa shape index (κ3) is 3.95. The molecule has 4 rings (SSSR count). The molecule has 0 saturated heterocycles. The highest BCUT2D eigenvalue weighted by Gasteiger charge is 2.29. The van der Waals surface area contributed by atoms with Crippen molar-refractivity contribution < 1.29 is 18.7 Å². The molecule has 2 heterocycles. The third-order valence-corrected chi connectivity index (χ3v) is 5.13. The van der Waals surface area contributed by atoms with Crippen LogP contribution in [0.4, 0.5) is 10.3 Å². The maximum atomic E-state index is 13.9. The van der Waals surface area contributed by atoms with Crippen molar-refractivity contribution in [3.8, 4) is 11.5 Å². The number of hydrogen-bond acceptors (Lipinski definition) is 5. The Morgan fingerprint density at radius 1 is 1.31 bits per heavy atom. The maximum Gasteiger partial charge on any atom is 0.229 e. The average Bonchev–Trinajstić information content (AvgIpc) is 3.16. The van der Waals surface area contributed by atoms with Crippen LogP contribution in [-0.2, 0) is 11.4 Å². The number of fused-ring (bicyclic) bond motifs is 1. The number of carbonyl (C=O) groups is 1. The molecular weight excluding hydrogens is 443 g/mol. The summed E-state index contributed by atoms with van der Waals surface area (Å²) in [5.41, 5.74) is 1.27. The summed E-state index contributed by atoms with van der Waals surface area (Å²) in [5, 5.41) is 6.92. The summed E-state index contributed by atoms with van der Waals surface area (Å²) in [5.74, 6) is 0.911. The number of aromatic nitrogens is 3. The highest BCUT2D eigenvalue weighted by molar-refractivity contribution is 9.10. The van der Waals surface area contributed by atoms with Crippen LogP contribution < -0.4 is 14.8 Å². The zero-order valence-electron chi connectivity index (χ0n) is 15.6. The van der Waals surface area contributed by atoms with Crippen molar-refractivity contribution in [1.29, 1.82) is 0 Å². The summed E-state index contributed by atoms with van der Waals surface area (Å²) in [6, 6.07) is 9.81. The summed E-state index contributed by atoms with van der Waals surface area (Å²) >= 11 is 3.53. The van der Waals surface area contributed by atoms with Crippen molar-refractivity contribution in [1.82, 2.24) is 14.8 Å². The van der Waals surface area contributed by atoms with E-state index in [1.165, 1.54) is 12.4 Å². The Morgan fingerprint density at radius 2 is 2.14 bits per heavy atom. The van der Waals surface area contributed by atoms with Crippen molar-refractivity contribution in [2.24, 2.45) is 0 Å². The molecule has 3 aromatic rings. The molecule has 0 bridgehead atoms. The Kier molecular flexibility index (Phi) is 5.48. The van der Waals surface area contributed by atoms with Crippen LogP contribution >= 0.6 is 15.9 Å². The van der Waals surface area contributed by atoms with E-state index in [0.717, 1.165) is 5.56 Å². The SMILES string of the molecule is CCOc1cc(C2CC(=O)Nc3ncnn32)cc(Br)c1OCc1ccccc1F. The summed E-state index contributed by atoms with van der Waals surface area (Å²) in [6.45, 7) is 2.35. The summed E-state index contributed by atoms with van der Waals surface area (Å²) in [4.78, 5) is 16.1. The lowest BCUT2D eigenvalue weighted by Crippen LogP contribution is -2.29. The first kappa shape index (κ1) is 19.4. The molecule has 1 aliphatic heterocycles. The Hall–Kier alpha value is -2.94. The fourth-order valence-electron chi connectivity index (χ4n) is 3.21. The van der Waals surface area contributed by atoms with Gasteiger partial charge in [-0.3, -0.25) is 10.1 Å². The van der Waals surface area contributed by atoms with E-state index in [0.29, 0.717) is 34.1 Å². The first-order valence-corrected chi connectivity index (χ1v) is 9.88. The largest absolute Gasteiger partial charge is 0.490 e. The molecule has 1 amide bonds. The fraction of sp³-hybridized carbons (Fsp3) is 0.250. The van der Waals surface area contributed by atoms with Crippen LogP contribution in [0.25, 0.3) is 0 Å². The summed E-state index contributed by atoms with van der Waals surface area (Å²) in [7, 11) is 0. The molecule has 1 aromatic heterocycles. The number of halogens is 2. The fourth-order valence-corrected chi connectivity index (χ4v) is 3.79. The van der Waals surface area contributed by atoms with E-state index < -0.39 is 0 Å². The molecule has 9 heteroatoms. The van der Waals surface area contributed by atoms with E-state index in [4.69, 9.17) is 9.47 Å². The molecule has 0 aliphatic carbocycles. The van der Waals surface area contributed by atoms with Crippen molar-refractivity contribution in [3.63, 3.8) is 0 Å². The van der Waals surface area contributed by atoms with Crippen LogP contribution in [0.2, 0.25) is 0 Å². The van der Waals surface area contributed by atoms with Gasteiger partial charge in [-0.1, -0.05) is 18.2 Å². The van der Waals surface area contributed by atoms with E-state index in [-0.39, 0.29) is 30.8 Å². The Morgan fingerprint density at radius 3 is 2.93 bits per heavy atom. The van der Waals surface area contributed by atoms with Crippen LogP contribution in [0, 0.1) is 5.82 Å². The number of carbonyl (C=O) groups excluding carboxylic acids is 1. The second kappa shape index (κ2) is 8.20. The van der Waals surface area contributed by atoms with E-state index in [9.17, 15) is 9.18 Å². The van der Waals surface area contributed by atoms with Crippen LogP contribution in [0.15, 0.2) is 47.2 Å². The van der Waals surface area contributed by atoms with Gasteiger partial charge in [0.25, 0.3) is 0 Å². The first-order chi connectivity index (χ1) is 14.1. The van der Waals surface area contributed by atoms with E-state index >= 15 is 0 Å². The van der Waals surface area contributed by atoms with E-state index in [2.05, 4.69) is 31.3 Å². The van der Waals surface area contributed by atoms with Gasteiger partial charge in [-0.05, 0) is 46.6 Å². The normalized spacial score (nSPS) is 15.6. The smallest absolute Gasteiger partial charge is 0.229 e. The summed E-state index contributed by atoms with van der Waals surface area (Å²) < 4.78 is 27.9.